The van der Waals surface area contributed by atoms with Crippen molar-refractivity contribution in [3.8, 4) is 11.5 Å². The fourth-order valence-corrected chi connectivity index (χ4v) is 4.44. The predicted octanol–water partition coefficient (Wildman–Crippen LogP) is 3.54. The minimum atomic E-state index is -0.304. The van der Waals surface area contributed by atoms with Crippen LogP contribution in [-0.2, 0) is 11.3 Å². The summed E-state index contributed by atoms with van der Waals surface area (Å²) in [6.45, 7) is 4.63. The molecule has 2 aliphatic heterocycles. The van der Waals surface area contributed by atoms with E-state index in [1.54, 1.807) is 36.2 Å². The summed E-state index contributed by atoms with van der Waals surface area (Å²) < 4.78 is 24.6. The van der Waals surface area contributed by atoms with Gasteiger partial charge < -0.3 is 14.4 Å². The highest BCUT2D eigenvalue weighted by Crippen LogP contribution is 2.32. The van der Waals surface area contributed by atoms with Gasteiger partial charge in [0.2, 0.25) is 5.91 Å². The Kier molecular flexibility index (Phi) is 6.74. The number of ether oxygens (including phenoxy) is 2. The van der Waals surface area contributed by atoms with Crippen LogP contribution in [0.3, 0.4) is 0 Å². The predicted molar refractivity (Wildman–Crippen MR) is 118 cm³/mol. The van der Waals surface area contributed by atoms with E-state index in [2.05, 4.69) is 4.90 Å². The molecule has 2 heterocycles. The Morgan fingerprint density at radius 2 is 1.81 bits per heavy atom. The lowest BCUT2D eigenvalue weighted by atomic mass is 9.88. The van der Waals surface area contributed by atoms with Crippen LogP contribution in [0.25, 0.3) is 0 Å². The van der Waals surface area contributed by atoms with Gasteiger partial charge in [0.15, 0.2) is 17.3 Å². The van der Waals surface area contributed by atoms with Crippen molar-refractivity contribution in [1.82, 2.24) is 9.80 Å². The molecule has 6 nitrogen and oxygen atoms in total. The van der Waals surface area contributed by atoms with E-state index in [0.29, 0.717) is 62.8 Å². The van der Waals surface area contributed by atoms with Crippen molar-refractivity contribution in [2.24, 2.45) is 5.92 Å². The maximum atomic E-state index is 13.4. The number of likely N-dealkylation sites (N-methyl/N-ethyl adjacent to an activating group) is 1. The van der Waals surface area contributed by atoms with Crippen LogP contribution >= 0.6 is 0 Å². The Bertz CT molecular complexity index is 988. The zero-order valence-electron chi connectivity index (χ0n) is 18.6. The van der Waals surface area contributed by atoms with Gasteiger partial charge in [-0.15, -0.1) is 0 Å². The number of benzene rings is 2. The number of hydrogen-bond acceptors (Lipinski definition) is 5. The van der Waals surface area contributed by atoms with Gasteiger partial charge in [0.25, 0.3) is 0 Å². The molecule has 1 atom stereocenters. The molecule has 1 amide bonds. The van der Waals surface area contributed by atoms with E-state index < -0.39 is 0 Å². The van der Waals surface area contributed by atoms with Crippen molar-refractivity contribution in [1.29, 1.82) is 0 Å². The van der Waals surface area contributed by atoms with E-state index in [9.17, 15) is 14.0 Å². The van der Waals surface area contributed by atoms with Crippen molar-refractivity contribution in [3.05, 3.63) is 59.4 Å². The first kappa shape index (κ1) is 22.3. The number of hydrogen-bond donors (Lipinski definition) is 0. The van der Waals surface area contributed by atoms with Gasteiger partial charge in [-0.05, 0) is 68.8 Å². The number of halogens is 1. The average molecular weight is 441 g/mol. The van der Waals surface area contributed by atoms with Gasteiger partial charge in [-0.3, -0.25) is 14.5 Å². The molecule has 0 aromatic heterocycles. The first-order valence-corrected chi connectivity index (χ1v) is 11.1. The first-order chi connectivity index (χ1) is 15.4. The van der Waals surface area contributed by atoms with E-state index >= 15 is 0 Å². The number of carbonyl (C=O) groups is 2. The summed E-state index contributed by atoms with van der Waals surface area (Å²) in [5.74, 6) is 1.04. The van der Waals surface area contributed by atoms with Crippen LogP contribution in [0.1, 0.15) is 35.7 Å². The maximum Gasteiger partial charge on any atom is 0.239 e. The number of Topliss-reactive ketones (excluding diaryl/α,β-unsaturated/α-hetero) is 1. The second kappa shape index (κ2) is 9.69. The van der Waals surface area contributed by atoms with Crippen molar-refractivity contribution < 1.29 is 23.5 Å². The molecule has 2 aromatic carbocycles. The summed E-state index contributed by atoms with van der Waals surface area (Å²) in [5, 5.41) is 0. The van der Waals surface area contributed by atoms with Crippen LogP contribution in [0.2, 0.25) is 0 Å². The van der Waals surface area contributed by atoms with E-state index in [0.717, 1.165) is 5.56 Å². The highest BCUT2D eigenvalue weighted by molar-refractivity contribution is 5.98. The summed E-state index contributed by atoms with van der Waals surface area (Å²) >= 11 is 0. The fraction of sp³-hybridized carbons (Fsp3) is 0.440. The molecule has 0 aliphatic carbocycles. The molecule has 2 aliphatic rings. The van der Waals surface area contributed by atoms with Crippen molar-refractivity contribution in [2.75, 3.05) is 33.4 Å². The highest BCUT2D eigenvalue weighted by atomic mass is 19.1. The average Bonchev–Trinajstić information content (AvgIpc) is 2.82. The Morgan fingerprint density at radius 3 is 2.53 bits per heavy atom. The summed E-state index contributed by atoms with van der Waals surface area (Å²) in [6.07, 6.45) is 1.41. The summed E-state index contributed by atoms with van der Waals surface area (Å²) in [4.78, 5) is 29.7. The summed E-state index contributed by atoms with van der Waals surface area (Å²) in [6, 6.07) is 11.4. The molecule has 32 heavy (non-hydrogen) atoms. The molecule has 0 saturated carbocycles. The third-order valence-corrected chi connectivity index (χ3v) is 6.32. The van der Waals surface area contributed by atoms with Gasteiger partial charge in [-0.25, -0.2) is 4.39 Å². The Hall–Kier alpha value is -2.93. The molecule has 0 bridgehead atoms. The zero-order chi connectivity index (χ0) is 22.7. The second-order valence-corrected chi connectivity index (χ2v) is 8.53. The standard InChI is InChI=1S/C25H29FN2O4/c1-17(25(30)27(2)16-18-4-3-5-21(26)14-18)28-10-8-19(9-11-28)24(29)20-6-7-22-23(15-20)32-13-12-31-22/h3-7,14-15,17,19H,8-13,16H2,1-2H3. The van der Waals surface area contributed by atoms with Crippen LogP contribution in [-0.4, -0.2) is 60.9 Å². The zero-order valence-corrected chi connectivity index (χ0v) is 18.6. The fourth-order valence-electron chi connectivity index (χ4n) is 4.44. The normalized spacial score (nSPS) is 17.6. The molecular weight excluding hydrogens is 411 g/mol. The molecular formula is C25H29FN2O4. The Labute approximate surface area is 187 Å². The highest BCUT2D eigenvalue weighted by Gasteiger charge is 2.31. The Balaban J connectivity index is 1.31. The van der Waals surface area contributed by atoms with Gasteiger partial charge in [-0.2, -0.15) is 0 Å². The molecule has 0 radical (unpaired) electrons. The van der Waals surface area contributed by atoms with Crippen LogP contribution in [0, 0.1) is 11.7 Å². The number of rotatable bonds is 6. The SMILES string of the molecule is CC(C(=O)N(C)Cc1cccc(F)c1)N1CCC(C(=O)c2ccc3c(c2)OCCO3)CC1. The molecule has 1 fully saturated rings. The van der Waals surface area contributed by atoms with Crippen molar-refractivity contribution in [2.45, 2.75) is 32.4 Å². The molecule has 2 aromatic rings. The molecule has 1 saturated heterocycles. The Morgan fingerprint density at radius 1 is 1.09 bits per heavy atom. The monoisotopic (exact) mass is 440 g/mol. The first-order valence-electron chi connectivity index (χ1n) is 11.1. The van der Waals surface area contributed by atoms with Crippen molar-refractivity contribution in [3.63, 3.8) is 0 Å². The van der Waals surface area contributed by atoms with E-state index in [1.807, 2.05) is 13.0 Å². The molecule has 0 spiro atoms. The van der Waals surface area contributed by atoms with Gasteiger partial charge >= 0.3 is 0 Å². The number of nitrogens with zero attached hydrogens (tertiary/aromatic N) is 2. The third-order valence-electron chi connectivity index (χ3n) is 6.32. The van der Waals surface area contributed by atoms with Crippen LogP contribution in [0.4, 0.5) is 4.39 Å². The summed E-state index contributed by atoms with van der Waals surface area (Å²) in [5.41, 5.74) is 1.41. The molecule has 4 rings (SSSR count). The third kappa shape index (κ3) is 4.93. The van der Waals surface area contributed by atoms with Crippen LogP contribution < -0.4 is 9.47 Å². The number of fused-ring (bicyclic) bond motifs is 1. The van der Waals surface area contributed by atoms with Gasteiger partial charge in [0.1, 0.15) is 19.0 Å². The van der Waals surface area contributed by atoms with Crippen LogP contribution in [0.5, 0.6) is 11.5 Å². The lowest BCUT2D eigenvalue weighted by Gasteiger charge is -2.36. The number of piperidine rings is 1. The lowest BCUT2D eigenvalue weighted by molar-refractivity contribution is -0.136. The van der Waals surface area contributed by atoms with E-state index in [-0.39, 0.29) is 29.5 Å². The number of carbonyl (C=O) groups excluding carboxylic acids is 2. The molecule has 0 N–H and O–H groups in total. The molecule has 170 valence electrons. The second-order valence-electron chi connectivity index (χ2n) is 8.53. The van der Waals surface area contributed by atoms with E-state index in [1.165, 1.54) is 12.1 Å². The summed E-state index contributed by atoms with van der Waals surface area (Å²) in [7, 11) is 1.74. The molecule has 7 heteroatoms. The minimum absolute atomic E-state index is 0.00845. The number of likely N-dealkylation sites (tertiary alicyclic amines) is 1. The molecule has 1 unspecified atom stereocenters. The van der Waals surface area contributed by atoms with Gasteiger partial charge in [0, 0.05) is 25.1 Å². The number of amides is 1. The quantitative estimate of drug-likeness (QED) is 0.643. The smallest absolute Gasteiger partial charge is 0.239 e. The lowest BCUT2D eigenvalue weighted by Crippen LogP contribution is -2.49. The van der Waals surface area contributed by atoms with E-state index in [4.69, 9.17) is 9.47 Å². The van der Waals surface area contributed by atoms with Crippen LogP contribution in [0.15, 0.2) is 42.5 Å². The van der Waals surface area contributed by atoms with Gasteiger partial charge in [-0.1, -0.05) is 12.1 Å². The topological polar surface area (TPSA) is 59.1 Å². The maximum absolute atomic E-state index is 13.4. The largest absolute Gasteiger partial charge is 0.486 e. The minimum Gasteiger partial charge on any atom is -0.486 e. The van der Waals surface area contributed by atoms with Gasteiger partial charge in [0.05, 0.1) is 6.04 Å². The number of ketones is 1. The van der Waals surface area contributed by atoms with Crippen molar-refractivity contribution >= 4 is 11.7 Å².